The predicted molar refractivity (Wildman–Crippen MR) is 237 cm³/mol. The molecule has 0 fully saturated rings. The van der Waals surface area contributed by atoms with Gasteiger partial charge in [0.25, 0.3) is 0 Å². The van der Waals surface area contributed by atoms with Crippen molar-refractivity contribution in [2.45, 2.75) is 0 Å². The van der Waals surface area contributed by atoms with E-state index in [1.54, 1.807) is 0 Å². The Morgan fingerprint density at radius 1 is 0.286 bits per heavy atom. The average Bonchev–Trinajstić information content (AvgIpc) is 3.63. The molecule has 264 valence electrons. The van der Waals surface area contributed by atoms with Gasteiger partial charge in [-0.2, -0.15) is 0 Å². The number of hydrogen-bond acceptors (Lipinski definition) is 1. The highest BCUT2D eigenvalue weighted by atomic mass is 15.1. The number of fused-ring (bicyclic) bond motifs is 3. The molecule has 0 N–H and O–H groups in total. The Hall–Kier alpha value is -7.42. The number of aromatic nitrogens is 1. The first-order valence-corrected chi connectivity index (χ1v) is 19.2. The van der Waals surface area contributed by atoms with Crippen molar-refractivity contribution in [3.8, 4) is 50.2 Å². The lowest BCUT2D eigenvalue weighted by Crippen LogP contribution is -2.09. The van der Waals surface area contributed by atoms with Gasteiger partial charge in [-0.25, -0.2) is 0 Å². The van der Waals surface area contributed by atoms with E-state index in [2.05, 4.69) is 240 Å². The molecule has 0 bridgehead atoms. The Bertz CT molecular complexity index is 2940. The number of hydrogen-bond donors (Lipinski definition) is 0. The van der Waals surface area contributed by atoms with Gasteiger partial charge in [0, 0.05) is 33.5 Å². The van der Waals surface area contributed by atoms with E-state index in [4.69, 9.17) is 0 Å². The summed E-state index contributed by atoms with van der Waals surface area (Å²) in [5, 5.41) is 2.52. The highest BCUT2D eigenvalue weighted by molar-refractivity contribution is 6.15. The highest BCUT2D eigenvalue weighted by Gasteiger charge is 2.18. The molecule has 0 radical (unpaired) electrons. The molecule has 0 saturated heterocycles. The van der Waals surface area contributed by atoms with Crippen molar-refractivity contribution >= 4 is 38.9 Å². The second-order valence-corrected chi connectivity index (χ2v) is 14.1. The molecule has 0 spiro atoms. The summed E-state index contributed by atoms with van der Waals surface area (Å²) in [6.07, 6.45) is 0. The number of anilines is 3. The van der Waals surface area contributed by atoms with E-state index < -0.39 is 0 Å². The number of rotatable bonds is 8. The summed E-state index contributed by atoms with van der Waals surface area (Å²) in [6, 6.07) is 82.9. The maximum absolute atomic E-state index is 2.38. The molecule has 0 unspecified atom stereocenters. The molecule has 0 aliphatic carbocycles. The van der Waals surface area contributed by atoms with E-state index in [0.29, 0.717) is 0 Å². The van der Waals surface area contributed by atoms with E-state index in [-0.39, 0.29) is 0 Å². The van der Waals surface area contributed by atoms with Crippen molar-refractivity contribution in [1.82, 2.24) is 4.57 Å². The summed E-state index contributed by atoms with van der Waals surface area (Å²) in [5.41, 5.74) is 16.5. The smallest absolute Gasteiger partial charge is 0.0547 e. The second kappa shape index (κ2) is 14.4. The molecule has 0 saturated carbocycles. The molecule has 1 heterocycles. The highest BCUT2D eigenvalue weighted by Crippen LogP contribution is 2.41. The molecule has 0 aliphatic heterocycles. The van der Waals surface area contributed by atoms with Crippen LogP contribution in [0, 0.1) is 0 Å². The van der Waals surface area contributed by atoms with Crippen molar-refractivity contribution in [3.05, 3.63) is 231 Å². The standard InChI is InChI=1S/C54H38N2/c1-4-17-39(18-5-1)48-27-10-11-28-49(48)40-33-35-46(36-34-40)55(44-22-6-2-7-23-44)47-26-15-20-42(38-47)41-19-14-21-43(37-41)50-30-16-32-53-54(50)51-29-12-13-31-52(51)56(53)45-24-8-3-9-25-45/h1-38H. The molecule has 0 aliphatic rings. The fourth-order valence-electron chi connectivity index (χ4n) is 8.22. The monoisotopic (exact) mass is 714 g/mol. The van der Waals surface area contributed by atoms with Crippen molar-refractivity contribution < 1.29 is 0 Å². The van der Waals surface area contributed by atoms with Crippen LogP contribution in [-0.4, -0.2) is 4.57 Å². The van der Waals surface area contributed by atoms with Gasteiger partial charge in [-0.1, -0.05) is 164 Å². The van der Waals surface area contributed by atoms with Gasteiger partial charge in [-0.15, -0.1) is 0 Å². The lowest BCUT2D eigenvalue weighted by atomic mass is 9.94. The van der Waals surface area contributed by atoms with Crippen LogP contribution in [0.2, 0.25) is 0 Å². The molecule has 10 rings (SSSR count). The first kappa shape index (κ1) is 33.2. The van der Waals surface area contributed by atoms with Crippen molar-refractivity contribution in [2.24, 2.45) is 0 Å². The zero-order valence-corrected chi connectivity index (χ0v) is 30.8. The van der Waals surface area contributed by atoms with Gasteiger partial charge in [0.15, 0.2) is 0 Å². The fourth-order valence-corrected chi connectivity index (χ4v) is 8.22. The zero-order chi connectivity index (χ0) is 37.3. The average molecular weight is 715 g/mol. The van der Waals surface area contributed by atoms with Crippen LogP contribution in [0.5, 0.6) is 0 Å². The maximum atomic E-state index is 2.38. The van der Waals surface area contributed by atoms with Crippen LogP contribution < -0.4 is 4.90 Å². The summed E-state index contributed by atoms with van der Waals surface area (Å²) >= 11 is 0. The van der Waals surface area contributed by atoms with Gasteiger partial charge in [-0.05, 0) is 111 Å². The molecule has 0 atom stereocenters. The number of para-hydroxylation sites is 3. The third-order valence-electron chi connectivity index (χ3n) is 10.8. The molecular weight excluding hydrogens is 677 g/mol. The number of nitrogens with zero attached hydrogens (tertiary/aromatic N) is 2. The summed E-state index contributed by atoms with van der Waals surface area (Å²) in [4.78, 5) is 2.35. The minimum Gasteiger partial charge on any atom is -0.310 e. The number of benzene rings is 9. The molecule has 2 nitrogen and oxygen atoms in total. The van der Waals surface area contributed by atoms with Gasteiger partial charge >= 0.3 is 0 Å². The van der Waals surface area contributed by atoms with Crippen molar-refractivity contribution in [1.29, 1.82) is 0 Å². The largest absolute Gasteiger partial charge is 0.310 e. The Balaban J connectivity index is 1.04. The van der Waals surface area contributed by atoms with Crippen LogP contribution in [0.15, 0.2) is 231 Å². The Morgan fingerprint density at radius 3 is 1.52 bits per heavy atom. The van der Waals surface area contributed by atoms with Crippen LogP contribution >= 0.6 is 0 Å². The van der Waals surface area contributed by atoms with Crippen LogP contribution in [-0.2, 0) is 0 Å². The van der Waals surface area contributed by atoms with E-state index in [0.717, 1.165) is 28.3 Å². The lowest BCUT2D eigenvalue weighted by Gasteiger charge is -2.26. The Kier molecular flexibility index (Phi) is 8.55. The van der Waals surface area contributed by atoms with Crippen LogP contribution in [0.4, 0.5) is 17.1 Å². The van der Waals surface area contributed by atoms with E-state index >= 15 is 0 Å². The maximum Gasteiger partial charge on any atom is 0.0547 e. The van der Waals surface area contributed by atoms with Gasteiger partial charge in [-0.3, -0.25) is 0 Å². The van der Waals surface area contributed by atoms with Gasteiger partial charge in [0.05, 0.1) is 11.0 Å². The summed E-state index contributed by atoms with van der Waals surface area (Å²) in [6.45, 7) is 0. The van der Waals surface area contributed by atoms with Gasteiger partial charge in [0.1, 0.15) is 0 Å². The molecule has 9 aromatic carbocycles. The molecule has 2 heteroatoms. The summed E-state index contributed by atoms with van der Waals surface area (Å²) in [7, 11) is 0. The fraction of sp³-hybridized carbons (Fsp3) is 0. The van der Waals surface area contributed by atoms with E-state index in [1.807, 2.05) is 0 Å². The molecule has 10 aromatic rings. The third-order valence-corrected chi connectivity index (χ3v) is 10.8. The zero-order valence-electron chi connectivity index (χ0n) is 30.8. The molecule has 1 aromatic heterocycles. The van der Waals surface area contributed by atoms with Crippen molar-refractivity contribution in [3.63, 3.8) is 0 Å². The first-order chi connectivity index (χ1) is 27.8. The predicted octanol–water partition coefficient (Wildman–Crippen LogP) is 14.9. The van der Waals surface area contributed by atoms with Crippen molar-refractivity contribution in [2.75, 3.05) is 4.90 Å². The van der Waals surface area contributed by atoms with E-state index in [1.165, 1.54) is 60.8 Å². The van der Waals surface area contributed by atoms with E-state index in [9.17, 15) is 0 Å². The quantitative estimate of drug-likeness (QED) is 0.152. The van der Waals surface area contributed by atoms with Crippen LogP contribution in [0.25, 0.3) is 72.0 Å². The normalized spacial score (nSPS) is 11.2. The Labute approximate surface area is 327 Å². The molecule has 56 heavy (non-hydrogen) atoms. The van der Waals surface area contributed by atoms with Gasteiger partial charge < -0.3 is 9.47 Å². The molecular formula is C54H38N2. The minimum absolute atomic E-state index is 1.10. The summed E-state index contributed by atoms with van der Waals surface area (Å²) < 4.78 is 2.38. The SMILES string of the molecule is c1ccc(-c2ccccc2-c2ccc(N(c3ccccc3)c3cccc(-c4cccc(-c5cccc6c5c5ccccc5n6-c5ccccc5)c4)c3)cc2)cc1. The second-order valence-electron chi connectivity index (χ2n) is 14.1. The van der Waals surface area contributed by atoms with Crippen LogP contribution in [0.1, 0.15) is 0 Å². The van der Waals surface area contributed by atoms with Gasteiger partial charge in [0.2, 0.25) is 0 Å². The summed E-state index contributed by atoms with van der Waals surface area (Å²) in [5.74, 6) is 0. The topological polar surface area (TPSA) is 8.17 Å². The lowest BCUT2D eigenvalue weighted by molar-refractivity contribution is 1.18. The minimum atomic E-state index is 1.10. The molecule has 0 amide bonds. The van der Waals surface area contributed by atoms with Crippen LogP contribution in [0.3, 0.4) is 0 Å². The third kappa shape index (κ3) is 6.04. The Morgan fingerprint density at radius 2 is 0.768 bits per heavy atom. The first-order valence-electron chi connectivity index (χ1n) is 19.2.